The van der Waals surface area contributed by atoms with Crippen LogP contribution < -0.4 is 15.1 Å². The summed E-state index contributed by atoms with van der Waals surface area (Å²) in [5.74, 6) is -0.707. The van der Waals surface area contributed by atoms with Gasteiger partial charge in [0, 0.05) is 19.8 Å². The number of fused-ring (bicyclic) bond motifs is 1. The Bertz CT molecular complexity index is 506. The number of carbonyl (C=O) groups excluding carboxylic acids is 1. The molecule has 0 unspecified atom stereocenters. The van der Waals surface area contributed by atoms with Crippen molar-refractivity contribution in [1.82, 2.24) is 10.3 Å². The zero-order valence-electron chi connectivity index (χ0n) is 10.8. The van der Waals surface area contributed by atoms with Crippen molar-refractivity contribution >= 4 is 23.4 Å². The van der Waals surface area contributed by atoms with Crippen LogP contribution in [0.15, 0.2) is 18.3 Å². The quantitative estimate of drug-likeness (QED) is 0.768. The Balaban J connectivity index is 2.49. The molecule has 1 aliphatic rings. The van der Waals surface area contributed by atoms with Crippen LogP contribution in [0, 0.1) is 0 Å². The molecule has 1 aliphatic heterocycles. The third-order valence-electron chi connectivity index (χ3n) is 3.08. The number of rotatable bonds is 3. The van der Waals surface area contributed by atoms with Crippen molar-refractivity contribution in [1.29, 1.82) is 0 Å². The summed E-state index contributed by atoms with van der Waals surface area (Å²) < 4.78 is 0. The zero-order valence-corrected chi connectivity index (χ0v) is 10.8. The van der Waals surface area contributed by atoms with Crippen molar-refractivity contribution in [3.8, 4) is 0 Å². The summed E-state index contributed by atoms with van der Waals surface area (Å²) in [5, 5.41) is 11.9. The Kier molecular flexibility index (Phi) is 3.66. The molecule has 2 heterocycles. The normalized spacial score (nSPS) is 19.1. The van der Waals surface area contributed by atoms with Gasteiger partial charge in [-0.2, -0.15) is 0 Å². The van der Waals surface area contributed by atoms with Gasteiger partial charge in [0.2, 0.25) is 5.91 Å². The summed E-state index contributed by atoms with van der Waals surface area (Å²) in [4.78, 5) is 30.7. The third kappa shape index (κ3) is 2.50. The standard InChI is InChI=1S/C12H16N4O3/c1-13-8-6-15(2)11-9(4-3-5-14-11)16(12(8)19)7-10(17)18/h3-5,8,13H,6-7H2,1-2H3,(H,17,18)/t8-/m0/s1. The second-order valence-corrected chi connectivity index (χ2v) is 4.39. The number of pyridine rings is 1. The van der Waals surface area contributed by atoms with E-state index in [4.69, 9.17) is 5.11 Å². The molecule has 7 nitrogen and oxygen atoms in total. The third-order valence-corrected chi connectivity index (χ3v) is 3.08. The summed E-state index contributed by atoms with van der Waals surface area (Å²) in [6, 6.07) is 2.94. The highest BCUT2D eigenvalue weighted by atomic mass is 16.4. The van der Waals surface area contributed by atoms with E-state index in [9.17, 15) is 9.59 Å². The Morgan fingerprint density at radius 1 is 1.63 bits per heavy atom. The van der Waals surface area contributed by atoms with Crippen LogP contribution in [0.2, 0.25) is 0 Å². The number of aliphatic carboxylic acids is 1. The van der Waals surface area contributed by atoms with Crippen LogP contribution in [0.5, 0.6) is 0 Å². The Labute approximate surface area is 110 Å². The van der Waals surface area contributed by atoms with Crippen LogP contribution in [-0.2, 0) is 9.59 Å². The molecule has 0 spiro atoms. The maximum atomic E-state index is 12.4. The number of likely N-dealkylation sites (N-methyl/N-ethyl adjacent to an activating group) is 2. The molecule has 0 saturated carbocycles. The van der Waals surface area contributed by atoms with Crippen LogP contribution in [0.25, 0.3) is 0 Å². The van der Waals surface area contributed by atoms with Gasteiger partial charge in [-0.15, -0.1) is 0 Å². The first-order valence-corrected chi connectivity index (χ1v) is 5.91. The second kappa shape index (κ2) is 5.23. The van der Waals surface area contributed by atoms with Crippen molar-refractivity contribution in [3.05, 3.63) is 18.3 Å². The molecule has 2 N–H and O–H groups in total. The predicted molar refractivity (Wildman–Crippen MR) is 70.3 cm³/mol. The number of anilines is 2. The minimum atomic E-state index is -1.05. The molecule has 1 amide bonds. The lowest BCUT2D eigenvalue weighted by Gasteiger charge is -2.22. The van der Waals surface area contributed by atoms with E-state index in [1.165, 1.54) is 4.90 Å². The van der Waals surface area contributed by atoms with Gasteiger partial charge >= 0.3 is 5.97 Å². The van der Waals surface area contributed by atoms with E-state index >= 15 is 0 Å². The van der Waals surface area contributed by atoms with Crippen molar-refractivity contribution in [2.45, 2.75) is 6.04 Å². The van der Waals surface area contributed by atoms with Gasteiger partial charge in [-0.1, -0.05) is 0 Å². The van der Waals surface area contributed by atoms with Crippen molar-refractivity contribution < 1.29 is 14.7 Å². The zero-order chi connectivity index (χ0) is 14.0. The molecule has 0 aromatic carbocycles. The largest absolute Gasteiger partial charge is 0.480 e. The lowest BCUT2D eigenvalue weighted by molar-refractivity contribution is -0.136. The molecular weight excluding hydrogens is 248 g/mol. The topological polar surface area (TPSA) is 85.8 Å². The van der Waals surface area contributed by atoms with E-state index in [-0.39, 0.29) is 12.5 Å². The van der Waals surface area contributed by atoms with E-state index in [0.29, 0.717) is 18.1 Å². The van der Waals surface area contributed by atoms with Gasteiger partial charge in [-0.3, -0.25) is 14.5 Å². The molecular formula is C12H16N4O3. The molecule has 0 radical (unpaired) electrons. The molecule has 2 rings (SSSR count). The minimum absolute atomic E-state index is 0.261. The highest BCUT2D eigenvalue weighted by Gasteiger charge is 2.33. The number of carboxylic acid groups (broad SMARTS) is 1. The summed E-state index contributed by atoms with van der Waals surface area (Å²) in [5.41, 5.74) is 0.523. The van der Waals surface area contributed by atoms with Crippen molar-refractivity contribution in [2.75, 3.05) is 37.0 Å². The predicted octanol–water partition coefficient (Wildman–Crippen LogP) is -0.463. The summed E-state index contributed by atoms with van der Waals surface area (Å²) in [6.07, 6.45) is 1.62. The maximum Gasteiger partial charge on any atom is 0.323 e. The molecule has 0 bridgehead atoms. The van der Waals surface area contributed by atoms with Gasteiger partial charge < -0.3 is 15.3 Å². The van der Waals surface area contributed by atoms with Crippen LogP contribution >= 0.6 is 0 Å². The van der Waals surface area contributed by atoms with Gasteiger partial charge in [0.05, 0.1) is 5.69 Å². The second-order valence-electron chi connectivity index (χ2n) is 4.39. The van der Waals surface area contributed by atoms with Crippen molar-refractivity contribution in [3.63, 3.8) is 0 Å². The minimum Gasteiger partial charge on any atom is -0.480 e. The Morgan fingerprint density at radius 3 is 3.00 bits per heavy atom. The highest BCUT2D eigenvalue weighted by Crippen LogP contribution is 2.29. The fourth-order valence-electron chi connectivity index (χ4n) is 2.15. The Hall–Kier alpha value is -2.15. The highest BCUT2D eigenvalue weighted by molar-refractivity contribution is 6.04. The summed E-state index contributed by atoms with van der Waals surface area (Å²) >= 11 is 0. The van der Waals surface area contributed by atoms with E-state index in [1.807, 2.05) is 11.9 Å². The van der Waals surface area contributed by atoms with Gasteiger partial charge in [0.15, 0.2) is 5.82 Å². The molecule has 1 aromatic rings. The molecule has 19 heavy (non-hydrogen) atoms. The fraction of sp³-hybridized carbons (Fsp3) is 0.417. The van der Waals surface area contributed by atoms with Gasteiger partial charge in [-0.05, 0) is 19.2 Å². The molecule has 102 valence electrons. The first-order valence-electron chi connectivity index (χ1n) is 5.91. The molecule has 7 heteroatoms. The molecule has 1 aromatic heterocycles. The number of carbonyl (C=O) groups is 2. The van der Waals surface area contributed by atoms with Crippen molar-refractivity contribution in [2.24, 2.45) is 0 Å². The monoisotopic (exact) mass is 264 g/mol. The molecule has 0 fully saturated rings. The SMILES string of the molecule is CN[C@H]1CN(C)c2ncccc2N(CC(=O)O)C1=O. The number of hydrogen-bond donors (Lipinski definition) is 2. The lowest BCUT2D eigenvalue weighted by atomic mass is 10.2. The number of nitrogens with zero attached hydrogens (tertiary/aromatic N) is 3. The van der Waals surface area contributed by atoms with E-state index in [0.717, 1.165) is 0 Å². The van der Waals surface area contributed by atoms with Gasteiger partial charge in [0.25, 0.3) is 0 Å². The number of hydrogen-bond acceptors (Lipinski definition) is 5. The number of nitrogens with one attached hydrogen (secondary N) is 1. The van der Waals surface area contributed by atoms with E-state index in [1.54, 1.807) is 25.4 Å². The summed E-state index contributed by atoms with van der Waals surface area (Å²) in [6.45, 7) is 0.0685. The molecule has 1 atom stereocenters. The van der Waals surface area contributed by atoms with Gasteiger partial charge in [0.1, 0.15) is 12.6 Å². The smallest absolute Gasteiger partial charge is 0.323 e. The average molecular weight is 264 g/mol. The molecule has 0 aliphatic carbocycles. The maximum absolute atomic E-state index is 12.4. The number of amides is 1. The fourth-order valence-corrected chi connectivity index (χ4v) is 2.15. The van der Waals surface area contributed by atoms with E-state index in [2.05, 4.69) is 10.3 Å². The average Bonchev–Trinajstić information content (AvgIpc) is 2.49. The Morgan fingerprint density at radius 2 is 2.37 bits per heavy atom. The van der Waals surface area contributed by atoms with Gasteiger partial charge in [-0.25, -0.2) is 4.98 Å². The number of aromatic nitrogens is 1. The van der Waals surface area contributed by atoms with Crippen LogP contribution in [-0.4, -0.2) is 55.2 Å². The molecule has 0 saturated heterocycles. The van der Waals surface area contributed by atoms with Crippen LogP contribution in [0.3, 0.4) is 0 Å². The van der Waals surface area contributed by atoms with E-state index < -0.39 is 12.0 Å². The first kappa shape index (κ1) is 13.3. The lowest BCUT2D eigenvalue weighted by Crippen LogP contribution is -2.49. The van der Waals surface area contributed by atoms with Crippen LogP contribution in [0.4, 0.5) is 11.5 Å². The van der Waals surface area contributed by atoms with Crippen LogP contribution in [0.1, 0.15) is 0 Å². The summed E-state index contributed by atoms with van der Waals surface area (Å²) in [7, 11) is 3.51. The first-order chi connectivity index (χ1) is 9.04. The number of carboxylic acids is 1.